The fraction of sp³-hybridized carbons (Fsp3) is 0. The van der Waals surface area contributed by atoms with E-state index in [9.17, 15) is 0 Å². The second-order valence-electron chi connectivity index (χ2n) is 15.9. The number of hydrogen-bond acceptors (Lipinski definition) is 5. The predicted octanol–water partition coefficient (Wildman–Crippen LogP) is 15.6. The number of fused-ring (bicyclic) bond motifs is 9. The molecule has 6 heteroatoms. The number of benzene rings is 9. The first-order valence-electron chi connectivity index (χ1n) is 21.1. The molecule has 63 heavy (non-hydrogen) atoms. The van der Waals surface area contributed by atoms with Gasteiger partial charge in [0.25, 0.3) is 0 Å². The molecule has 5 nitrogen and oxygen atoms in total. The van der Waals surface area contributed by atoms with Gasteiger partial charge in [-0.3, -0.25) is 0 Å². The number of aromatic nitrogens is 4. The van der Waals surface area contributed by atoms with Gasteiger partial charge in [-0.15, -0.1) is 11.3 Å². The number of hydrogen-bond donors (Lipinski definition) is 0. The van der Waals surface area contributed by atoms with Crippen molar-refractivity contribution in [1.82, 2.24) is 19.5 Å². The molecule has 4 heterocycles. The molecule has 0 aliphatic heterocycles. The molecule has 9 aromatic carbocycles. The van der Waals surface area contributed by atoms with Gasteiger partial charge < -0.3 is 8.98 Å². The first-order chi connectivity index (χ1) is 31.2. The Hall–Kier alpha value is -8.19. The Morgan fingerprint density at radius 3 is 1.67 bits per heavy atom. The van der Waals surface area contributed by atoms with Gasteiger partial charge in [0.1, 0.15) is 11.2 Å². The van der Waals surface area contributed by atoms with Crippen molar-refractivity contribution in [3.05, 3.63) is 206 Å². The van der Waals surface area contributed by atoms with E-state index in [2.05, 4.69) is 162 Å². The van der Waals surface area contributed by atoms with Gasteiger partial charge in [-0.25, -0.2) is 15.0 Å². The average Bonchev–Trinajstić information content (AvgIpc) is 4.04. The highest BCUT2D eigenvalue weighted by molar-refractivity contribution is 7.26. The molecule has 0 aliphatic rings. The number of furan rings is 1. The minimum Gasteiger partial charge on any atom is -0.456 e. The SMILES string of the molecule is c1ccc(-c2ccc(-c3nc(-c4ccccc4)nc(-c4cccc5oc6ccc(-c7c(-n8c9ccccc9c9ccccc98)ccc8sc9ccccc9c78)cc6c45)n3)cc2)cc1. The lowest BCUT2D eigenvalue weighted by molar-refractivity contribution is 0.669. The highest BCUT2D eigenvalue weighted by Gasteiger charge is 2.23. The predicted molar refractivity (Wildman–Crippen MR) is 262 cm³/mol. The zero-order valence-corrected chi connectivity index (χ0v) is 34.6. The maximum absolute atomic E-state index is 6.68. The number of nitrogens with zero attached hydrogens (tertiary/aromatic N) is 4. The Bertz CT molecular complexity index is 3850. The van der Waals surface area contributed by atoms with Crippen molar-refractivity contribution in [3.8, 4) is 62.1 Å². The van der Waals surface area contributed by atoms with Crippen molar-refractivity contribution in [2.75, 3.05) is 0 Å². The number of thiophene rings is 1. The van der Waals surface area contributed by atoms with E-state index in [0.717, 1.165) is 61.0 Å². The molecule has 0 unspecified atom stereocenters. The Labute approximate surface area is 365 Å². The van der Waals surface area contributed by atoms with E-state index in [0.29, 0.717) is 17.5 Å². The van der Waals surface area contributed by atoms with Crippen LogP contribution in [0.15, 0.2) is 211 Å². The third-order valence-corrected chi connectivity index (χ3v) is 13.4. The van der Waals surface area contributed by atoms with Crippen molar-refractivity contribution in [2.45, 2.75) is 0 Å². The summed E-state index contributed by atoms with van der Waals surface area (Å²) in [6.45, 7) is 0. The molecule has 0 N–H and O–H groups in total. The van der Waals surface area contributed by atoms with E-state index >= 15 is 0 Å². The fourth-order valence-corrected chi connectivity index (χ4v) is 10.5. The summed E-state index contributed by atoms with van der Waals surface area (Å²) >= 11 is 1.84. The molecule has 294 valence electrons. The Morgan fingerprint density at radius 1 is 0.365 bits per heavy atom. The largest absolute Gasteiger partial charge is 0.456 e. The van der Waals surface area contributed by atoms with Gasteiger partial charge in [0.2, 0.25) is 0 Å². The lowest BCUT2D eigenvalue weighted by Gasteiger charge is -2.16. The maximum atomic E-state index is 6.68. The van der Waals surface area contributed by atoms with Gasteiger partial charge in [-0.1, -0.05) is 158 Å². The zero-order valence-electron chi connectivity index (χ0n) is 33.7. The van der Waals surface area contributed by atoms with Crippen molar-refractivity contribution in [2.24, 2.45) is 0 Å². The molecule has 0 saturated heterocycles. The van der Waals surface area contributed by atoms with E-state index in [1.807, 2.05) is 59.9 Å². The van der Waals surface area contributed by atoms with E-state index < -0.39 is 0 Å². The molecule has 13 rings (SSSR count). The Balaban J connectivity index is 1.05. The summed E-state index contributed by atoms with van der Waals surface area (Å²) in [7, 11) is 0. The first kappa shape index (κ1) is 35.6. The Kier molecular flexibility index (Phi) is 8.01. The van der Waals surface area contributed by atoms with Crippen LogP contribution in [0.5, 0.6) is 0 Å². The van der Waals surface area contributed by atoms with Crippen LogP contribution in [0.3, 0.4) is 0 Å². The molecular formula is C57H34N4OS. The highest BCUT2D eigenvalue weighted by Crippen LogP contribution is 2.47. The summed E-state index contributed by atoms with van der Waals surface area (Å²) < 4.78 is 11.6. The van der Waals surface area contributed by atoms with Gasteiger partial charge in [-0.2, -0.15) is 0 Å². The summed E-state index contributed by atoms with van der Waals surface area (Å²) in [5.74, 6) is 1.80. The van der Waals surface area contributed by atoms with E-state index in [-0.39, 0.29) is 0 Å². The summed E-state index contributed by atoms with van der Waals surface area (Å²) in [5, 5.41) is 6.91. The van der Waals surface area contributed by atoms with Crippen LogP contribution in [-0.2, 0) is 0 Å². The smallest absolute Gasteiger partial charge is 0.164 e. The van der Waals surface area contributed by atoms with Crippen LogP contribution in [0.4, 0.5) is 0 Å². The minimum absolute atomic E-state index is 0.585. The second kappa shape index (κ2) is 14.2. The summed E-state index contributed by atoms with van der Waals surface area (Å²) in [4.78, 5) is 15.5. The third kappa shape index (κ3) is 5.73. The molecular weight excluding hydrogens is 789 g/mol. The van der Waals surface area contributed by atoms with Crippen molar-refractivity contribution < 1.29 is 4.42 Å². The number of para-hydroxylation sites is 2. The van der Waals surface area contributed by atoms with Crippen LogP contribution in [0.2, 0.25) is 0 Å². The second-order valence-corrected chi connectivity index (χ2v) is 17.0. The van der Waals surface area contributed by atoms with E-state index in [1.165, 1.54) is 47.5 Å². The van der Waals surface area contributed by atoms with E-state index in [1.54, 1.807) is 0 Å². The normalized spacial score (nSPS) is 11.8. The topological polar surface area (TPSA) is 56.7 Å². The van der Waals surface area contributed by atoms with Crippen LogP contribution in [0.25, 0.3) is 126 Å². The fourth-order valence-electron chi connectivity index (χ4n) is 9.42. The molecule has 0 radical (unpaired) electrons. The molecule has 0 amide bonds. The molecule has 13 aromatic rings. The quantitative estimate of drug-likeness (QED) is 0.168. The molecule has 0 bridgehead atoms. The van der Waals surface area contributed by atoms with Crippen molar-refractivity contribution in [1.29, 1.82) is 0 Å². The lowest BCUT2D eigenvalue weighted by Crippen LogP contribution is -2.00. The van der Waals surface area contributed by atoms with Crippen molar-refractivity contribution in [3.63, 3.8) is 0 Å². The Morgan fingerprint density at radius 2 is 0.937 bits per heavy atom. The van der Waals surface area contributed by atoms with Crippen LogP contribution in [-0.4, -0.2) is 19.5 Å². The first-order valence-corrected chi connectivity index (χ1v) is 21.9. The highest BCUT2D eigenvalue weighted by atomic mass is 32.1. The summed E-state index contributed by atoms with van der Waals surface area (Å²) in [5.41, 5.74) is 12.3. The maximum Gasteiger partial charge on any atom is 0.164 e. The molecule has 0 aliphatic carbocycles. The standard InChI is InChI=1S/C57H34N4OS/c1-3-14-35(15-4-1)36-26-28-38(29-27-36)56-58-55(37-16-5-2-6-17-37)59-57(60-56)43-21-13-24-49-53(43)44-34-39(30-32-48(44)62-49)52-47(31-33-51-54(52)42-20-9-12-25-50(42)63-51)61-45-22-10-7-18-40(45)41-19-8-11-23-46(41)61/h1-34H. The molecule has 4 aromatic heterocycles. The molecule has 0 saturated carbocycles. The summed E-state index contributed by atoms with van der Waals surface area (Å²) in [6.07, 6.45) is 0. The molecule has 0 fully saturated rings. The molecule has 0 spiro atoms. The minimum atomic E-state index is 0.585. The van der Waals surface area contributed by atoms with Gasteiger partial charge in [-0.05, 0) is 65.2 Å². The third-order valence-electron chi connectivity index (χ3n) is 12.3. The van der Waals surface area contributed by atoms with Crippen LogP contribution < -0.4 is 0 Å². The van der Waals surface area contributed by atoms with Gasteiger partial charge in [0, 0.05) is 64.0 Å². The van der Waals surface area contributed by atoms with Crippen LogP contribution >= 0.6 is 11.3 Å². The average molecular weight is 823 g/mol. The lowest BCUT2D eigenvalue weighted by atomic mass is 9.95. The van der Waals surface area contributed by atoms with Gasteiger partial charge in [0.05, 0.1) is 16.7 Å². The zero-order chi connectivity index (χ0) is 41.4. The summed E-state index contributed by atoms with van der Waals surface area (Å²) in [6, 6.07) is 72.7. The monoisotopic (exact) mass is 822 g/mol. The number of rotatable bonds is 6. The van der Waals surface area contributed by atoms with E-state index in [4.69, 9.17) is 19.4 Å². The van der Waals surface area contributed by atoms with Crippen molar-refractivity contribution >= 4 is 75.3 Å². The van der Waals surface area contributed by atoms with Gasteiger partial charge in [0.15, 0.2) is 17.5 Å². The van der Waals surface area contributed by atoms with Crippen LogP contribution in [0, 0.1) is 0 Å². The van der Waals surface area contributed by atoms with Crippen LogP contribution in [0.1, 0.15) is 0 Å². The van der Waals surface area contributed by atoms with Gasteiger partial charge >= 0.3 is 0 Å². The molecule has 0 atom stereocenters.